The number of anilines is 1. The molecule has 2 heterocycles. The topological polar surface area (TPSA) is 66.3 Å². The maximum atomic E-state index is 11.0. The van der Waals surface area contributed by atoms with Crippen molar-refractivity contribution in [1.29, 1.82) is 0 Å². The van der Waals surface area contributed by atoms with Crippen LogP contribution in [0.2, 0.25) is 0 Å². The molecule has 1 aliphatic heterocycles. The number of benzene rings is 1. The van der Waals surface area contributed by atoms with Crippen molar-refractivity contribution >= 4 is 11.8 Å². The number of carboxylic acids is 1. The standard InChI is InChI=1S/C16H17N3O2/c1-3-14-7-15(18-10(2)17-14)19-8-12-5-4-11(16(20)21)6-13(12)9-19/h4-7H,3,8-9H2,1-2H3,(H,20,21). The van der Waals surface area contributed by atoms with Gasteiger partial charge in [-0.3, -0.25) is 0 Å². The van der Waals surface area contributed by atoms with Crippen LogP contribution < -0.4 is 4.90 Å². The summed E-state index contributed by atoms with van der Waals surface area (Å²) in [7, 11) is 0. The number of carbonyl (C=O) groups is 1. The second-order valence-corrected chi connectivity index (χ2v) is 5.26. The van der Waals surface area contributed by atoms with E-state index in [0.717, 1.165) is 41.4 Å². The van der Waals surface area contributed by atoms with Crippen LogP contribution in [0.5, 0.6) is 0 Å². The van der Waals surface area contributed by atoms with Crippen molar-refractivity contribution in [3.8, 4) is 0 Å². The monoisotopic (exact) mass is 283 g/mol. The molecule has 0 fully saturated rings. The lowest BCUT2D eigenvalue weighted by molar-refractivity contribution is 0.0697. The quantitative estimate of drug-likeness (QED) is 0.937. The highest BCUT2D eigenvalue weighted by atomic mass is 16.4. The van der Waals surface area contributed by atoms with Crippen LogP contribution in [0.4, 0.5) is 5.82 Å². The van der Waals surface area contributed by atoms with Crippen LogP contribution in [0.3, 0.4) is 0 Å². The molecule has 2 aromatic rings. The number of aromatic carboxylic acids is 1. The van der Waals surface area contributed by atoms with E-state index in [2.05, 4.69) is 21.8 Å². The van der Waals surface area contributed by atoms with Crippen LogP contribution >= 0.6 is 0 Å². The van der Waals surface area contributed by atoms with Gasteiger partial charge in [-0.05, 0) is 36.6 Å². The summed E-state index contributed by atoms with van der Waals surface area (Å²) in [6.45, 7) is 5.42. The Labute approximate surface area is 123 Å². The molecule has 1 aliphatic rings. The summed E-state index contributed by atoms with van der Waals surface area (Å²) in [5.41, 5.74) is 3.59. The lowest BCUT2D eigenvalue weighted by Crippen LogP contribution is -2.17. The third-order valence-electron chi connectivity index (χ3n) is 3.74. The normalized spacial score (nSPS) is 13.3. The Morgan fingerprint density at radius 2 is 2.00 bits per heavy atom. The molecule has 5 nitrogen and oxygen atoms in total. The van der Waals surface area contributed by atoms with Crippen molar-refractivity contribution in [3.63, 3.8) is 0 Å². The molecule has 108 valence electrons. The average Bonchev–Trinajstić information content (AvgIpc) is 2.89. The minimum absolute atomic E-state index is 0.337. The first-order valence-electron chi connectivity index (χ1n) is 7.01. The van der Waals surface area contributed by atoms with Gasteiger partial charge in [-0.25, -0.2) is 14.8 Å². The summed E-state index contributed by atoms with van der Waals surface area (Å²) in [5, 5.41) is 9.07. The molecule has 0 saturated carbocycles. The number of hydrogen-bond donors (Lipinski definition) is 1. The lowest BCUT2D eigenvalue weighted by Gasteiger charge is -2.17. The number of nitrogens with zero attached hydrogens (tertiary/aromatic N) is 3. The predicted octanol–water partition coefficient (Wildman–Crippen LogP) is 2.57. The first-order valence-corrected chi connectivity index (χ1v) is 7.01. The molecule has 5 heteroatoms. The second-order valence-electron chi connectivity index (χ2n) is 5.26. The van der Waals surface area contributed by atoms with Crippen LogP contribution in [0.1, 0.15) is 39.9 Å². The van der Waals surface area contributed by atoms with Gasteiger partial charge in [0.15, 0.2) is 0 Å². The van der Waals surface area contributed by atoms with Crippen LogP contribution in [-0.2, 0) is 19.5 Å². The van der Waals surface area contributed by atoms with Crippen LogP contribution in [0, 0.1) is 6.92 Å². The molecule has 1 aromatic heterocycles. The first-order chi connectivity index (χ1) is 10.1. The van der Waals surface area contributed by atoms with Gasteiger partial charge >= 0.3 is 5.97 Å². The van der Waals surface area contributed by atoms with Gasteiger partial charge in [0.2, 0.25) is 0 Å². The maximum Gasteiger partial charge on any atom is 0.335 e. The van der Waals surface area contributed by atoms with E-state index in [9.17, 15) is 4.79 Å². The number of aromatic nitrogens is 2. The molecular formula is C16H17N3O2. The van der Waals surface area contributed by atoms with E-state index in [0.29, 0.717) is 12.1 Å². The zero-order valence-electron chi connectivity index (χ0n) is 12.1. The van der Waals surface area contributed by atoms with E-state index in [1.165, 1.54) is 0 Å². The molecule has 3 rings (SSSR count). The molecule has 1 N–H and O–H groups in total. The van der Waals surface area contributed by atoms with Gasteiger partial charge in [-0.1, -0.05) is 13.0 Å². The van der Waals surface area contributed by atoms with Crippen molar-refractivity contribution < 1.29 is 9.90 Å². The van der Waals surface area contributed by atoms with Gasteiger partial charge in [0.1, 0.15) is 11.6 Å². The van der Waals surface area contributed by atoms with E-state index >= 15 is 0 Å². The zero-order chi connectivity index (χ0) is 15.0. The predicted molar refractivity (Wildman–Crippen MR) is 79.4 cm³/mol. The van der Waals surface area contributed by atoms with Crippen molar-refractivity contribution in [3.05, 3.63) is 52.5 Å². The summed E-state index contributed by atoms with van der Waals surface area (Å²) >= 11 is 0. The number of aryl methyl sites for hydroxylation is 2. The molecule has 0 amide bonds. The molecule has 0 spiro atoms. The van der Waals surface area contributed by atoms with Gasteiger partial charge < -0.3 is 10.0 Å². The highest BCUT2D eigenvalue weighted by Gasteiger charge is 2.22. The summed E-state index contributed by atoms with van der Waals surface area (Å²) in [6, 6.07) is 7.32. The fourth-order valence-electron chi connectivity index (χ4n) is 2.64. The van der Waals surface area contributed by atoms with Gasteiger partial charge in [0, 0.05) is 24.8 Å². The Balaban J connectivity index is 1.90. The van der Waals surface area contributed by atoms with Crippen LogP contribution in [0.25, 0.3) is 0 Å². The summed E-state index contributed by atoms with van der Waals surface area (Å²) in [5.74, 6) is 0.793. The fraction of sp³-hybridized carbons (Fsp3) is 0.312. The highest BCUT2D eigenvalue weighted by Crippen LogP contribution is 2.28. The van der Waals surface area contributed by atoms with Crippen LogP contribution in [0.15, 0.2) is 24.3 Å². The molecule has 21 heavy (non-hydrogen) atoms. The van der Waals surface area contributed by atoms with E-state index in [1.54, 1.807) is 12.1 Å². The Kier molecular flexibility index (Phi) is 3.33. The smallest absolute Gasteiger partial charge is 0.335 e. The Morgan fingerprint density at radius 3 is 2.71 bits per heavy atom. The summed E-state index contributed by atoms with van der Waals surface area (Å²) < 4.78 is 0. The minimum atomic E-state index is -0.887. The van der Waals surface area contributed by atoms with Gasteiger partial charge in [0.25, 0.3) is 0 Å². The largest absolute Gasteiger partial charge is 0.478 e. The SMILES string of the molecule is CCc1cc(N2Cc3ccc(C(=O)O)cc3C2)nc(C)n1. The number of fused-ring (bicyclic) bond motifs is 1. The average molecular weight is 283 g/mol. The third-order valence-corrected chi connectivity index (χ3v) is 3.74. The lowest BCUT2D eigenvalue weighted by atomic mass is 10.1. The molecule has 0 radical (unpaired) electrons. The molecule has 0 aliphatic carbocycles. The molecule has 0 atom stereocenters. The van der Waals surface area contributed by atoms with Crippen molar-refractivity contribution in [2.24, 2.45) is 0 Å². The molecule has 0 unspecified atom stereocenters. The Hall–Kier alpha value is -2.43. The van der Waals surface area contributed by atoms with Crippen molar-refractivity contribution in [2.45, 2.75) is 33.4 Å². The summed E-state index contributed by atoms with van der Waals surface area (Å²) in [6.07, 6.45) is 0.875. The van der Waals surface area contributed by atoms with E-state index < -0.39 is 5.97 Å². The molecule has 1 aromatic carbocycles. The molecular weight excluding hydrogens is 266 g/mol. The number of hydrogen-bond acceptors (Lipinski definition) is 4. The fourth-order valence-corrected chi connectivity index (χ4v) is 2.64. The maximum absolute atomic E-state index is 11.0. The first kappa shape index (κ1) is 13.5. The van der Waals surface area contributed by atoms with Crippen molar-refractivity contribution in [2.75, 3.05) is 4.90 Å². The number of carboxylic acid groups (broad SMARTS) is 1. The second kappa shape index (κ2) is 5.16. The van der Waals surface area contributed by atoms with Gasteiger partial charge in [-0.2, -0.15) is 0 Å². The van der Waals surface area contributed by atoms with E-state index in [4.69, 9.17) is 5.11 Å². The number of rotatable bonds is 3. The van der Waals surface area contributed by atoms with E-state index in [1.807, 2.05) is 19.1 Å². The minimum Gasteiger partial charge on any atom is -0.478 e. The molecule has 0 saturated heterocycles. The van der Waals surface area contributed by atoms with Crippen LogP contribution in [-0.4, -0.2) is 21.0 Å². The Bertz CT molecular complexity index is 713. The highest BCUT2D eigenvalue weighted by molar-refractivity contribution is 5.88. The zero-order valence-corrected chi connectivity index (χ0v) is 12.1. The van der Waals surface area contributed by atoms with E-state index in [-0.39, 0.29) is 0 Å². The Morgan fingerprint density at radius 1 is 1.24 bits per heavy atom. The third kappa shape index (κ3) is 2.59. The summed E-state index contributed by atoms with van der Waals surface area (Å²) in [4.78, 5) is 22.1. The van der Waals surface area contributed by atoms with Gasteiger partial charge in [0.05, 0.1) is 5.56 Å². The van der Waals surface area contributed by atoms with Gasteiger partial charge in [-0.15, -0.1) is 0 Å². The molecule has 0 bridgehead atoms. The van der Waals surface area contributed by atoms with Crippen molar-refractivity contribution in [1.82, 2.24) is 9.97 Å².